The van der Waals surface area contributed by atoms with E-state index >= 15 is 0 Å². The number of methoxy groups -OCH3 is 1. The van der Waals surface area contributed by atoms with E-state index in [1.807, 2.05) is 65.6 Å². The van der Waals surface area contributed by atoms with Crippen LogP contribution in [0.5, 0.6) is 17.2 Å². The van der Waals surface area contributed by atoms with E-state index in [1.54, 1.807) is 19.2 Å². The maximum absolute atomic E-state index is 13.4. The van der Waals surface area contributed by atoms with Gasteiger partial charge in [-0.2, -0.15) is 0 Å². The number of amides is 1. The fraction of sp³-hybridized carbons (Fsp3) is 0.321. The fourth-order valence-electron chi connectivity index (χ4n) is 3.98. The summed E-state index contributed by atoms with van der Waals surface area (Å²) in [7, 11) is 1.64. The Morgan fingerprint density at radius 3 is 2.37 bits per heavy atom. The minimum absolute atomic E-state index is 0.0902. The number of nitrogens with zero attached hydrogens (tertiary/aromatic N) is 2. The molecule has 0 saturated carbocycles. The average molecular weight is 495 g/mol. The second kappa shape index (κ2) is 12.6. The molecule has 1 heterocycles. The van der Waals surface area contributed by atoms with Crippen molar-refractivity contribution in [2.75, 3.05) is 46.5 Å². The van der Waals surface area contributed by atoms with Crippen LogP contribution in [0.25, 0.3) is 0 Å². The lowest BCUT2D eigenvalue weighted by Gasteiger charge is -2.30. The average Bonchev–Trinajstić information content (AvgIpc) is 2.89. The number of hydrogen-bond acceptors (Lipinski definition) is 5. The third-order valence-corrected chi connectivity index (χ3v) is 6.23. The Morgan fingerprint density at radius 2 is 1.66 bits per heavy atom. The zero-order valence-corrected chi connectivity index (χ0v) is 20.7. The van der Waals surface area contributed by atoms with Gasteiger partial charge in [-0.05, 0) is 59.7 Å². The molecule has 0 spiro atoms. The van der Waals surface area contributed by atoms with Crippen LogP contribution in [-0.4, -0.2) is 62.2 Å². The summed E-state index contributed by atoms with van der Waals surface area (Å²) in [5.74, 6) is 2.31. The monoisotopic (exact) mass is 494 g/mol. The number of carbonyl (C=O) groups is 1. The van der Waals surface area contributed by atoms with E-state index in [-0.39, 0.29) is 5.91 Å². The topological polar surface area (TPSA) is 51.2 Å². The number of rotatable bonds is 10. The second-order valence-electron chi connectivity index (χ2n) is 8.50. The summed E-state index contributed by atoms with van der Waals surface area (Å²) in [5.41, 5.74) is 1.98. The first-order valence-electron chi connectivity index (χ1n) is 11.8. The number of morpholine rings is 1. The summed E-state index contributed by atoms with van der Waals surface area (Å²) in [4.78, 5) is 17.6. The fourth-order valence-corrected chi connectivity index (χ4v) is 4.10. The minimum atomic E-state index is 0.0902. The number of hydrogen-bond donors (Lipinski definition) is 0. The van der Waals surface area contributed by atoms with Crippen LogP contribution in [0.15, 0.2) is 72.8 Å². The van der Waals surface area contributed by atoms with E-state index in [0.717, 1.165) is 55.5 Å². The largest absolute Gasteiger partial charge is 0.497 e. The van der Waals surface area contributed by atoms with Crippen molar-refractivity contribution in [2.24, 2.45) is 0 Å². The van der Waals surface area contributed by atoms with Crippen molar-refractivity contribution in [3.8, 4) is 17.2 Å². The Balaban J connectivity index is 1.45. The molecule has 0 aliphatic carbocycles. The van der Waals surface area contributed by atoms with Gasteiger partial charge in [0.15, 0.2) is 0 Å². The summed E-state index contributed by atoms with van der Waals surface area (Å²) in [6, 6.07) is 22.8. The van der Waals surface area contributed by atoms with Gasteiger partial charge in [-0.3, -0.25) is 9.69 Å². The van der Waals surface area contributed by atoms with E-state index in [0.29, 0.717) is 30.3 Å². The van der Waals surface area contributed by atoms with Gasteiger partial charge in [0.25, 0.3) is 0 Å². The highest BCUT2D eigenvalue weighted by Crippen LogP contribution is 2.24. The van der Waals surface area contributed by atoms with E-state index in [1.165, 1.54) is 0 Å². The summed E-state index contributed by atoms with van der Waals surface area (Å²) in [5, 5.41) is 0.664. The predicted molar refractivity (Wildman–Crippen MR) is 137 cm³/mol. The maximum Gasteiger partial charge on any atom is 0.227 e. The van der Waals surface area contributed by atoms with Crippen LogP contribution in [0.3, 0.4) is 0 Å². The zero-order chi connectivity index (χ0) is 24.5. The van der Waals surface area contributed by atoms with Crippen LogP contribution >= 0.6 is 11.6 Å². The normalized spacial score (nSPS) is 13.9. The highest BCUT2D eigenvalue weighted by atomic mass is 35.5. The minimum Gasteiger partial charge on any atom is -0.497 e. The van der Waals surface area contributed by atoms with Crippen molar-refractivity contribution in [1.82, 2.24) is 9.80 Å². The van der Waals surface area contributed by atoms with Gasteiger partial charge in [-0.25, -0.2) is 0 Å². The Bertz CT molecular complexity index is 1080. The summed E-state index contributed by atoms with van der Waals surface area (Å²) in [6.07, 6.45) is 0.341. The molecule has 1 fully saturated rings. The van der Waals surface area contributed by atoms with Crippen molar-refractivity contribution < 1.29 is 19.0 Å². The molecule has 184 valence electrons. The van der Waals surface area contributed by atoms with Crippen LogP contribution in [0.1, 0.15) is 11.1 Å². The van der Waals surface area contributed by atoms with Gasteiger partial charge in [-0.1, -0.05) is 35.9 Å². The molecule has 0 unspecified atom stereocenters. The highest BCUT2D eigenvalue weighted by Gasteiger charge is 2.18. The molecule has 0 radical (unpaired) electrons. The standard InChI is InChI=1S/C28H31ClN2O4/c1-33-25-9-5-22(6-10-25)20-28(32)31(14-13-30-15-17-34-18-16-30)21-23-3-2-4-27(19-23)35-26-11-7-24(29)8-12-26/h2-12,19H,13-18,20-21H2,1H3. The second-order valence-corrected chi connectivity index (χ2v) is 8.93. The first-order chi connectivity index (χ1) is 17.1. The van der Waals surface area contributed by atoms with Crippen LogP contribution in [0.4, 0.5) is 0 Å². The molecule has 6 nitrogen and oxygen atoms in total. The van der Waals surface area contributed by atoms with Crippen LogP contribution in [0, 0.1) is 0 Å². The van der Waals surface area contributed by atoms with Gasteiger partial charge >= 0.3 is 0 Å². The lowest BCUT2D eigenvalue weighted by molar-refractivity contribution is -0.131. The molecule has 0 N–H and O–H groups in total. The molecule has 35 heavy (non-hydrogen) atoms. The Kier molecular flexibility index (Phi) is 9.01. The number of benzene rings is 3. The summed E-state index contributed by atoms with van der Waals surface area (Å²) >= 11 is 5.98. The predicted octanol–water partition coefficient (Wildman–Crippen LogP) is 5.04. The van der Waals surface area contributed by atoms with E-state index in [2.05, 4.69) is 4.90 Å². The number of carbonyl (C=O) groups excluding carboxylic acids is 1. The van der Waals surface area contributed by atoms with Gasteiger partial charge in [-0.15, -0.1) is 0 Å². The van der Waals surface area contributed by atoms with Crippen molar-refractivity contribution in [1.29, 1.82) is 0 Å². The van der Waals surface area contributed by atoms with Crippen LogP contribution in [-0.2, 0) is 22.5 Å². The van der Waals surface area contributed by atoms with Gasteiger partial charge in [0.2, 0.25) is 5.91 Å². The molecule has 4 rings (SSSR count). The van der Waals surface area contributed by atoms with Crippen molar-refractivity contribution in [3.63, 3.8) is 0 Å². The molecule has 1 aliphatic heterocycles. The van der Waals surface area contributed by atoms with Gasteiger partial charge in [0, 0.05) is 37.7 Å². The zero-order valence-electron chi connectivity index (χ0n) is 20.0. The Morgan fingerprint density at radius 1 is 0.943 bits per heavy atom. The smallest absolute Gasteiger partial charge is 0.227 e. The number of halogens is 1. The van der Waals surface area contributed by atoms with Gasteiger partial charge in [0.1, 0.15) is 17.2 Å². The Hall–Kier alpha value is -3.06. The molecule has 3 aromatic carbocycles. The molecule has 1 saturated heterocycles. The van der Waals surface area contributed by atoms with Crippen LogP contribution in [0.2, 0.25) is 5.02 Å². The first-order valence-corrected chi connectivity index (χ1v) is 12.2. The molecule has 3 aromatic rings. The van der Waals surface area contributed by atoms with Gasteiger partial charge < -0.3 is 19.1 Å². The quantitative estimate of drug-likeness (QED) is 0.395. The maximum atomic E-state index is 13.4. The third kappa shape index (κ3) is 7.72. The van der Waals surface area contributed by atoms with Crippen LogP contribution < -0.4 is 9.47 Å². The molecule has 0 aromatic heterocycles. The van der Waals surface area contributed by atoms with Crippen molar-refractivity contribution in [3.05, 3.63) is 88.9 Å². The third-order valence-electron chi connectivity index (χ3n) is 5.98. The summed E-state index contributed by atoms with van der Waals surface area (Å²) in [6.45, 7) is 5.25. The first kappa shape index (κ1) is 25.0. The molecule has 7 heteroatoms. The molecule has 0 bridgehead atoms. The van der Waals surface area contributed by atoms with E-state index < -0.39 is 0 Å². The SMILES string of the molecule is COc1ccc(CC(=O)N(CCN2CCOCC2)Cc2cccc(Oc3ccc(Cl)cc3)c2)cc1. The molecule has 1 aliphatic rings. The highest BCUT2D eigenvalue weighted by molar-refractivity contribution is 6.30. The van der Waals surface area contributed by atoms with Crippen molar-refractivity contribution in [2.45, 2.75) is 13.0 Å². The molecular formula is C28H31ClN2O4. The van der Waals surface area contributed by atoms with Crippen molar-refractivity contribution >= 4 is 17.5 Å². The van der Waals surface area contributed by atoms with Gasteiger partial charge in [0.05, 0.1) is 26.7 Å². The molecular weight excluding hydrogens is 464 g/mol. The summed E-state index contributed by atoms with van der Waals surface area (Å²) < 4.78 is 16.7. The van der Waals surface area contributed by atoms with E-state index in [9.17, 15) is 4.79 Å². The lowest BCUT2D eigenvalue weighted by Crippen LogP contribution is -2.43. The molecule has 0 atom stereocenters. The lowest BCUT2D eigenvalue weighted by atomic mass is 10.1. The van der Waals surface area contributed by atoms with E-state index in [4.69, 9.17) is 25.8 Å². The molecule has 1 amide bonds. The Labute approximate surface area is 212 Å². The number of ether oxygens (including phenoxy) is 3.